The minimum Gasteiger partial charge on any atom is -0.422 e. The number of hydrogen-bond acceptors (Lipinski definition) is 4. The molecule has 3 aromatic heterocycles. The van der Waals surface area contributed by atoms with Crippen LogP contribution in [-0.2, 0) is 17.8 Å². The largest absolute Gasteiger partial charge is 0.422 e. The topological polar surface area (TPSA) is 92.9 Å². The molecule has 0 aliphatic heterocycles. The van der Waals surface area contributed by atoms with Gasteiger partial charge in [0.2, 0.25) is 5.91 Å². The molecule has 0 spiro atoms. The molecule has 0 atom stereocenters. The Hall–Kier alpha value is -3.87. The number of carbonyl (C=O) groups excluding carboxylic acids is 1. The van der Waals surface area contributed by atoms with Gasteiger partial charge in [0.25, 0.3) is 0 Å². The molecule has 7 nitrogen and oxygen atoms in total. The Morgan fingerprint density at radius 2 is 1.86 bits per heavy atom. The number of rotatable bonds is 5. The zero-order valence-corrected chi connectivity index (χ0v) is 15.5. The number of amides is 1. The molecule has 1 amide bonds. The Labute approximate surface area is 164 Å². The lowest BCUT2D eigenvalue weighted by molar-refractivity contribution is -0.121. The third kappa shape index (κ3) is 3.06. The second-order valence-electron chi connectivity index (χ2n) is 6.91. The first-order valence-electron chi connectivity index (χ1n) is 9.40. The van der Waals surface area contributed by atoms with Crippen LogP contribution in [0.25, 0.3) is 32.8 Å². The zero-order chi connectivity index (χ0) is 19.8. The van der Waals surface area contributed by atoms with Gasteiger partial charge in [0.15, 0.2) is 0 Å². The molecule has 0 aliphatic carbocycles. The van der Waals surface area contributed by atoms with Gasteiger partial charge in [-0.05, 0) is 30.2 Å². The standard InChI is InChI=1S/C22H18N4O3/c27-20(23-10-9-14-11-24-18-7-3-1-5-15(14)18)13-26-21-16-6-2-4-8-19(16)29-22(28)17(21)12-25-26/h1-8,11-12,24H,9-10,13H2,(H,23,27). The van der Waals surface area contributed by atoms with Crippen LogP contribution in [0.4, 0.5) is 0 Å². The van der Waals surface area contributed by atoms with Crippen LogP contribution in [0.2, 0.25) is 0 Å². The molecule has 5 rings (SSSR count). The summed E-state index contributed by atoms with van der Waals surface area (Å²) in [5.74, 6) is -0.160. The summed E-state index contributed by atoms with van der Waals surface area (Å²) in [5, 5.41) is 9.46. The van der Waals surface area contributed by atoms with Gasteiger partial charge in [-0.15, -0.1) is 0 Å². The molecule has 5 aromatic rings. The fraction of sp³-hybridized carbons (Fsp3) is 0.136. The van der Waals surface area contributed by atoms with Crippen LogP contribution < -0.4 is 10.9 Å². The highest BCUT2D eigenvalue weighted by Crippen LogP contribution is 2.22. The average molecular weight is 386 g/mol. The monoisotopic (exact) mass is 386 g/mol. The second-order valence-corrected chi connectivity index (χ2v) is 6.91. The number of benzene rings is 2. The molecule has 0 aliphatic rings. The van der Waals surface area contributed by atoms with Gasteiger partial charge < -0.3 is 14.7 Å². The fourth-order valence-electron chi connectivity index (χ4n) is 3.71. The smallest absolute Gasteiger partial charge is 0.347 e. The molecule has 0 unspecified atom stereocenters. The van der Waals surface area contributed by atoms with Crippen molar-refractivity contribution in [2.45, 2.75) is 13.0 Å². The van der Waals surface area contributed by atoms with Crippen molar-refractivity contribution in [2.24, 2.45) is 0 Å². The Morgan fingerprint density at radius 3 is 2.76 bits per heavy atom. The van der Waals surface area contributed by atoms with Crippen LogP contribution in [0.3, 0.4) is 0 Å². The number of nitrogens with one attached hydrogen (secondary N) is 2. The molecule has 0 bridgehead atoms. The summed E-state index contributed by atoms with van der Waals surface area (Å²) >= 11 is 0. The highest BCUT2D eigenvalue weighted by molar-refractivity contribution is 6.02. The van der Waals surface area contributed by atoms with Gasteiger partial charge >= 0.3 is 5.63 Å². The van der Waals surface area contributed by atoms with Crippen LogP contribution in [0.5, 0.6) is 0 Å². The molecule has 29 heavy (non-hydrogen) atoms. The van der Waals surface area contributed by atoms with Crippen molar-refractivity contribution in [3.8, 4) is 0 Å². The summed E-state index contributed by atoms with van der Waals surface area (Å²) in [7, 11) is 0. The van der Waals surface area contributed by atoms with Crippen LogP contribution in [0.1, 0.15) is 5.56 Å². The highest BCUT2D eigenvalue weighted by atomic mass is 16.4. The minimum absolute atomic E-state index is 0.0326. The third-order valence-electron chi connectivity index (χ3n) is 5.09. The lowest BCUT2D eigenvalue weighted by atomic mass is 10.1. The van der Waals surface area contributed by atoms with Crippen molar-refractivity contribution in [1.82, 2.24) is 20.1 Å². The summed E-state index contributed by atoms with van der Waals surface area (Å²) in [6, 6.07) is 15.3. The van der Waals surface area contributed by atoms with Crippen molar-refractivity contribution in [3.05, 3.63) is 76.9 Å². The molecule has 144 valence electrons. The Balaban J connectivity index is 1.33. The third-order valence-corrected chi connectivity index (χ3v) is 5.09. The highest BCUT2D eigenvalue weighted by Gasteiger charge is 2.14. The molecule has 0 radical (unpaired) electrons. The zero-order valence-electron chi connectivity index (χ0n) is 15.5. The summed E-state index contributed by atoms with van der Waals surface area (Å²) in [4.78, 5) is 27.9. The van der Waals surface area contributed by atoms with Crippen LogP contribution in [0.15, 0.2) is 70.1 Å². The normalized spacial score (nSPS) is 11.4. The maximum absolute atomic E-state index is 12.5. The molecule has 2 N–H and O–H groups in total. The summed E-state index contributed by atoms with van der Waals surface area (Å²) < 4.78 is 6.87. The molecule has 2 aromatic carbocycles. The number of fused-ring (bicyclic) bond motifs is 4. The van der Waals surface area contributed by atoms with E-state index in [-0.39, 0.29) is 12.5 Å². The number of aromatic nitrogens is 3. The SMILES string of the molecule is O=C(Cn1ncc2c(=O)oc3ccccc3c21)NCCc1c[nH]c2ccccc12. The molecule has 7 heteroatoms. The fourth-order valence-corrected chi connectivity index (χ4v) is 3.71. The molecule has 0 saturated heterocycles. The van der Waals surface area contributed by atoms with Gasteiger partial charge in [-0.25, -0.2) is 4.79 Å². The van der Waals surface area contributed by atoms with E-state index < -0.39 is 5.63 Å². The van der Waals surface area contributed by atoms with E-state index in [1.54, 1.807) is 16.8 Å². The van der Waals surface area contributed by atoms with Crippen LogP contribution in [-0.4, -0.2) is 27.2 Å². The number of aromatic amines is 1. The van der Waals surface area contributed by atoms with E-state index in [9.17, 15) is 9.59 Å². The molecular formula is C22H18N4O3. The molecule has 0 saturated carbocycles. The lowest BCUT2D eigenvalue weighted by Gasteiger charge is -2.07. The van der Waals surface area contributed by atoms with Crippen LogP contribution in [0, 0.1) is 0 Å². The maximum Gasteiger partial charge on any atom is 0.347 e. The van der Waals surface area contributed by atoms with Crippen molar-refractivity contribution < 1.29 is 9.21 Å². The van der Waals surface area contributed by atoms with E-state index in [2.05, 4.69) is 21.5 Å². The Kier molecular flexibility index (Phi) is 4.13. The molecule has 3 heterocycles. The van der Waals surface area contributed by atoms with E-state index >= 15 is 0 Å². The number of nitrogens with zero attached hydrogens (tertiary/aromatic N) is 2. The van der Waals surface area contributed by atoms with Gasteiger partial charge in [-0.3, -0.25) is 9.48 Å². The second kappa shape index (κ2) is 6.94. The Morgan fingerprint density at radius 1 is 1.07 bits per heavy atom. The van der Waals surface area contributed by atoms with Gasteiger partial charge in [0, 0.05) is 29.0 Å². The average Bonchev–Trinajstić information content (AvgIpc) is 3.33. The van der Waals surface area contributed by atoms with Crippen molar-refractivity contribution >= 4 is 38.7 Å². The van der Waals surface area contributed by atoms with Gasteiger partial charge in [0.05, 0.1) is 11.7 Å². The van der Waals surface area contributed by atoms with E-state index in [4.69, 9.17) is 4.42 Å². The predicted molar refractivity (Wildman–Crippen MR) is 111 cm³/mol. The van der Waals surface area contributed by atoms with Gasteiger partial charge in [-0.2, -0.15) is 5.10 Å². The van der Waals surface area contributed by atoms with Crippen molar-refractivity contribution in [2.75, 3.05) is 6.54 Å². The van der Waals surface area contributed by atoms with E-state index in [1.165, 1.54) is 6.20 Å². The predicted octanol–water partition coefficient (Wildman–Crippen LogP) is 2.98. The van der Waals surface area contributed by atoms with Gasteiger partial charge in [-0.1, -0.05) is 30.3 Å². The van der Waals surface area contributed by atoms with Gasteiger partial charge in [0.1, 0.15) is 17.5 Å². The minimum atomic E-state index is -0.454. The number of carbonyl (C=O) groups is 1. The maximum atomic E-state index is 12.5. The first-order valence-corrected chi connectivity index (χ1v) is 9.40. The summed E-state index contributed by atoms with van der Waals surface area (Å²) in [5.41, 5.74) is 2.89. The van der Waals surface area contributed by atoms with E-state index in [1.807, 2.05) is 36.5 Å². The first kappa shape index (κ1) is 17.2. The number of hydrogen-bond donors (Lipinski definition) is 2. The van der Waals surface area contributed by atoms with Crippen molar-refractivity contribution in [3.63, 3.8) is 0 Å². The summed E-state index contributed by atoms with van der Waals surface area (Å²) in [6.07, 6.45) is 4.15. The van der Waals surface area contributed by atoms with E-state index in [0.717, 1.165) is 28.3 Å². The first-order chi connectivity index (χ1) is 14.2. The molecule has 0 fully saturated rings. The van der Waals surface area contributed by atoms with Crippen molar-refractivity contribution in [1.29, 1.82) is 0 Å². The quantitative estimate of drug-likeness (QED) is 0.454. The number of H-pyrrole nitrogens is 1. The lowest BCUT2D eigenvalue weighted by Crippen LogP contribution is -2.29. The Bertz CT molecular complexity index is 1410. The molecular weight excluding hydrogens is 368 g/mol. The van der Waals surface area contributed by atoms with E-state index in [0.29, 0.717) is 23.0 Å². The summed E-state index contributed by atoms with van der Waals surface area (Å²) in [6.45, 7) is 0.549. The number of para-hydroxylation sites is 2. The van der Waals surface area contributed by atoms with Crippen LogP contribution >= 0.6 is 0 Å².